The number of methoxy groups -OCH3 is 1. The van der Waals surface area contributed by atoms with Crippen LogP contribution in [-0.2, 0) is 14.8 Å². The van der Waals surface area contributed by atoms with E-state index in [1.165, 1.54) is 23.5 Å². The molecule has 0 unspecified atom stereocenters. The minimum Gasteiger partial charge on any atom is -0.453 e. The van der Waals surface area contributed by atoms with Crippen molar-refractivity contribution in [2.75, 3.05) is 36.4 Å². The van der Waals surface area contributed by atoms with Crippen molar-refractivity contribution in [1.82, 2.24) is 4.90 Å². The fourth-order valence-corrected chi connectivity index (χ4v) is 5.21. The summed E-state index contributed by atoms with van der Waals surface area (Å²) >= 11 is 0. The Balaban J connectivity index is 1.83. The SMILES string of the molecule is CCN(c1ccccc1)S(=O)(=O)c1ccc(NC2CCN(C(=O)OC)CC2)c([N+](=O)[O-])c1. The number of hydrogen-bond acceptors (Lipinski definition) is 7. The Kier molecular flexibility index (Phi) is 7.18. The van der Waals surface area contributed by atoms with Gasteiger partial charge >= 0.3 is 6.09 Å². The molecule has 3 rings (SSSR count). The number of nitrogens with zero attached hydrogens (tertiary/aromatic N) is 3. The van der Waals surface area contributed by atoms with E-state index in [2.05, 4.69) is 5.32 Å². The molecule has 1 amide bonds. The first-order valence-corrected chi connectivity index (χ1v) is 11.7. The summed E-state index contributed by atoms with van der Waals surface area (Å²) in [5.41, 5.74) is 0.413. The molecule has 0 aliphatic carbocycles. The highest BCUT2D eigenvalue weighted by molar-refractivity contribution is 7.92. The molecule has 2 aromatic rings. The van der Waals surface area contributed by atoms with Gasteiger partial charge in [-0.25, -0.2) is 13.2 Å². The summed E-state index contributed by atoms with van der Waals surface area (Å²) in [6, 6.07) is 12.4. The second kappa shape index (κ2) is 9.86. The van der Waals surface area contributed by atoms with Crippen molar-refractivity contribution in [3.05, 3.63) is 58.6 Å². The van der Waals surface area contributed by atoms with Crippen LogP contribution in [0, 0.1) is 10.1 Å². The highest BCUT2D eigenvalue weighted by Gasteiger charge is 2.29. The third-order valence-corrected chi connectivity index (χ3v) is 7.27. The molecule has 0 bridgehead atoms. The molecule has 1 aliphatic heterocycles. The Morgan fingerprint density at radius 3 is 2.44 bits per heavy atom. The van der Waals surface area contributed by atoms with Crippen LogP contribution in [0.1, 0.15) is 19.8 Å². The number of amides is 1. The largest absolute Gasteiger partial charge is 0.453 e. The Hall–Kier alpha value is -3.34. The van der Waals surface area contributed by atoms with Crippen LogP contribution in [0.25, 0.3) is 0 Å². The summed E-state index contributed by atoms with van der Waals surface area (Å²) < 4.78 is 32.3. The first-order chi connectivity index (χ1) is 15.3. The lowest BCUT2D eigenvalue weighted by Gasteiger charge is -2.31. The highest BCUT2D eigenvalue weighted by Crippen LogP contribution is 2.32. The molecule has 1 heterocycles. The molecule has 1 N–H and O–H groups in total. The molecule has 0 atom stereocenters. The number of carbonyl (C=O) groups is 1. The molecule has 0 saturated carbocycles. The van der Waals surface area contributed by atoms with Crippen molar-refractivity contribution in [2.45, 2.75) is 30.7 Å². The molecule has 2 aromatic carbocycles. The first-order valence-electron chi connectivity index (χ1n) is 10.2. The van der Waals surface area contributed by atoms with E-state index in [0.29, 0.717) is 31.6 Å². The third kappa shape index (κ3) is 4.93. The van der Waals surface area contributed by atoms with E-state index in [1.807, 2.05) is 0 Å². The minimum atomic E-state index is -3.99. The van der Waals surface area contributed by atoms with Crippen molar-refractivity contribution in [2.24, 2.45) is 0 Å². The van der Waals surface area contributed by atoms with Crippen LogP contribution in [0.5, 0.6) is 0 Å². The quantitative estimate of drug-likeness (QED) is 0.494. The van der Waals surface area contributed by atoms with E-state index in [9.17, 15) is 23.3 Å². The van der Waals surface area contributed by atoms with Crippen molar-refractivity contribution in [1.29, 1.82) is 0 Å². The third-order valence-electron chi connectivity index (χ3n) is 5.37. The maximum Gasteiger partial charge on any atom is 0.409 e. The zero-order valence-corrected chi connectivity index (χ0v) is 18.7. The highest BCUT2D eigenvalue weighted by atomic mass is 32.2. The van der Waals surface area contributed by atoms with Crippen LogP contribution < -0.4 is 9.62 Å². The second-order valence-corrected chi connectivity index (χ2v) is 9.18. The zero-order chi connectivity index (χ0) is 23.3. The number of nitro benzene ring substituents is 1. The molecule has 172 valence electrons. The minimum absolute atomic E-state index is 0.0893. The van der Waals surface area contributed by atoms with Gasteiger partial charge in [-0.1, -0.05) is 18.2 Å². The number of carbonyl (C=O) groups excluding carboxylic acids is 1. The lowest BCUT2D eigenvalue weighted by Crippen LogP contribution is -2.42. The van der Waals surface area contributed by atoms with Gasteiger partial charge in [-0.15, -0.1) is 0 Å². The van der Waals surface area contributed by atoms with E-state index in [1.54, 1.807) is 42.2 Å². The second-order valence-electron chi connectivity index (χ2n) is 7.32. The average molecular weight is 463 g/mol. The molecule has 1 aliphatic rings. The van der Waals surface area contributed by atoms with E-state index in [0.717, 1.165) is 6.07 Å². The van der Waals surface area contributed by atoms with Gasteiger partial charge in [-0.2, -0.15) is 0 Å². The number of piperidine rings is 1. The predicted octanol–water partition coefficient (Wildman–Crippen LogP) is 3.45. The average Bonchev–Trinajstić information content (AvgIpc) is 2.80. The molecule has 1 fully saturated rings. The lowest BCUT2D eigenvalue weighted by atomic mass is 10.0. The molecule has 0 aromatic heterocycles. The molecule has 10 nitrogen and oxygen atoms in total. The maximum atomic E-state index is 13.2. The van der Waals surface area contributed by atoms with Gasteiger partial charge < -0.3 is 15.0 Å². The normalized spacial score (nSPS) is 14.6. The van der Waals surface area contributed by atoms with Crippen molar-refractivity contribution < 1.29 is 22.9 Å². The predicted molar refractivity (Wildman–Crippen MR) is 120 cm³/mol. The smallest absolute Gasteiger partial charge is 0.409 e. The van der Waals surface area contributed by atoms with E-state index in [4.69, 9.17) is 4.74 Å². The summed E-state index contributed by atoms with van der Waals surface area (Å²) in [6.45, 7) is 2.81. The van der Waals surface area contributed by atoms with Gasteiger partial charge in [0.25, 0.3) is 15.7 Å². The standard InChI is InChI=1S/C21H26N4O6S/c1-3-24(17-7-5-4-6-8-17)32(29,30)18-9-10-19(20(15-18)25(27)28)22-16-11-13-23(14-12-16)21(26)31-2/h4-10,15-16,22H,3,11-14H2,1-2H3. The molecule has 11 heteroatoms. The van der Waals surface area contributed by atoms with E-state index >= 15 is 0 Å². The van der Waals surface area contributed by atoms with Gasteiger partial charge in [-0.3, -0.25) is 14.4 Å². The summed E-state index contributed by atoms with van der Waals surface area (Å²) in [7, 11) is -2.66. The number of nitrogens with one attached hydrogen (secondary N) is 1. The number of hydrogen-bond donors (Lipinski definition) is 1. The molecular formula is C21H26N4O6S. The van der Waals surface area contributed by atoms with E-state index < -0.39 is 21.0 Å². The van der Waals surface area contributed by atoms with Gasteiger partial charge in [0.1, 0.15) is 5.69 Å². The number of anilines is 2. The number of para-hydroxylation sites is 1. The summed E-state index contributed by atoms with van der Waals surface area (Å²) in [6.07, 6.45) is 0.774. The topological polar surface area (TPSA) is 122 Å². The van der Waals surface area contributed by atoms with Crippen molar-refractivity contribution in [3.8, 4) is 0 Å². The van der Waals surface area contributed by atoms with Gasteiger partial charge in [0.2, 0.25) is 0 Å². The van der Waals surface area contributed by atoms with Crippen molar-refractivity contribution in [3.63, 3.8) is 0 Å². The molecule has 0 radical (unpaired) electrons. The monoisotopic (exact) mass is 462 g/mol. The van der Waals surface area contributed by atoms with Gasteiger partial charge in [0.05, 0.1) is 22.6 Å². The molecule has 0 spiro atoms. The van der Waals surface area contributed by atoms with Crippen LogP contribution in [0.4, 0.5) is 21.9 Å². The Labute approximate surface area is 187 Å². The van der Waals surface area contributed by atoms with Gasteiger partial charge in [0, 0.05) is 31.7 Å². The van der Waals surface area contributed by atoms with Gasteiger partial charge in [0.15, 0.2) is 0 Å². The fourth-order valence-electron chi connectivity index (χ4n) is 3.71. The maximum absolute atomic E-state index is 13.2. The van der Waals surface area contributed by atoms with E-state index in [-0.39, 0.29) is 28.9 Å². The number of nitro groups is 1. The molecule has 1 saturated heterocycles. The van der Waals surface area contributed by atoms with Crippen LogP contribution >= 0.6 is 0 Å². The zero-order valence-electron chi connectivity index (χ0n) is 17.9. The summed E-state index contributed by atoms with van der Waals surface area (Å²) in [4.78, 5) is 24.2. The Morgan fingerprint density at radius 2 is 1.88 bits per heavy atom. The number of likely N-dealkylation sites (tertiary alicyclic amines) is 1. The fraction of sp³-hybridized carbons (Fsp3) is 0.381. The molecule has 32 heavy (non-hydrogen) atoms. The van der Waals surface area contributed by atoms with Crippen LogP contribution in [0.2, 0.25) is 0 Å². The summed E-state index contributed by atoms with van der Waals surface area (Å²) in [5, 5.41) is 14.9. The number of ether oxygens (including phenoxy) is 1. The lowest BCUT2D eigenvalue weighted by molar-refractivity contribution is -0.384. The van der Waals surface area contributed by atoms with Crippen LogP contribution in [0.3, 0.4) is 0 Å². The number of benzene rings is 2. The number of rotatable bonds is 7. The van der Waals surface area contributed by atoms with Crippen LogP contribution in [-0.4, -0.2) is 57.1 Å². The molecular weight excluding hydrogens is 436 g/mol. The van der Waals surface area contributed by atoms with Gasteiger partial charge in [-0.05, 0) is 44.0 Å². The first kappa shape index (κ1) is 23.3. The Morgan fingerprint density at radius 1 is 1.22 bits per heavy atom. The van der Waals surface area contributed by atoms with Crippen molar-refractivity contribution >= 4 is 33.2 Å². The Bertz CT molecular complexity index is 1070. The number of sulfonamides is 1. The summed E-state index contributed by atoms with van der Waals surface area (Å²) in [5.74, 6) is 0. The van der Waals surface area contributed by atoms with Crippen LogP contribution in [0.15, 0.2) is 53.4 Å².